The second-order valence-corrected chi connectivity index (χ2v) is 4.08. The van der Waals surface area contributed by atoms with Crippen LogP contribution in [0.4, 0.5) is 0 Å². The molecule has 0 bridgehead atoms. The van der Waals surface area contributed by atoms with E-state index in [0.717, 1.165) is 4.88 Å². The van der Waals surface area contributed by atoms with Crippen LogP contribution in [0.15, 0.2) is 5.51 Å². The fraction of sp³-hybridized carbons (Fsp3) is 0.444. The van der Waals surface area contributed by atoms with Crippen LogP contribution in [0.3, 0.4) is 0 Å². The Morgan fingerprint density at radius 3 is 2.27 bits per heavy atom. The van der Waals surface area contributed by atoms with Crippen molar-refractivity contribution in [3.8, 4) is 0 Å². The Kier molecular flexibility index (Phi) is 3.79. The minimum Gasteiger partial charge on any atom is -0.481 e. The van der Waals surface area contributed by atoms with Crippen LogP contribution in [-0.4, -0.2) is 27.1 Å². The minimum atomic E-state index is -0.992. The summed E-state index contributed by atoms with van der Waals surface area (Å²) in [5.74, 6) is -2.46. The van der Waals surface area contributed by atoms with E-state index in [1.807, 2.05) is 0 Å². The predicted octanol–water partition coefficient (Wildman–Crippen LogP) is 1.48. The van der Waals surface area contributed by atoms with E-state index >= 15 is 0 Å². The third-order valence-corrected chi connectivity index (χ3v) is 3.09. The summed E-state index contributed by atoms with van der Waals surface area (Å²) in [5.41, 5.74) is 2.31. The molecule has 0 aliphatic heterocycles. The van der Waals surface area contributed by atoms with Gasteiger partial charge in [0.15, 0.2) is 0 Å². The van der Waals surface area contributed by atoms with E-state index < -0.39 is 17.9 Å². The number of carboxylic acid groups (broad SMARTS) is 2. The largest absolute Gasteiger partial charge is 0.481 e. The first-order valence-electron chi connectivity index (χ1n) is 4.34. The van der Waals surface area contributed by atoms with Crippen molar-refractivity contribution in [3.63, 3.8) is 0 Å². The number of aliphatic carboxylic acids is 2. The van der Waals surface area contributed by atoms with Gasteiger partial charge in [0, 0.05) is 10.8 Å². The molecule has 5 nitrogen and oxygen atoms in total. The Morgan fingerprint density at radius 2 is 1.93 bits per heavy atom. The van der Waals surface area contributed by atoms with E-state index in [9.17, 15) is 9.59 Å². The second kappa shape index (κ2) is 4.88. The van der Waals surface area contributed by atoms with Crippen LogP contribution < -0.4 is 0 Å². The molecule has 0 radical (unpaired) electrons. The summed E-state index contributed by atoms with van der Waals surface area (Å²) in [5, 5.41) is 17.4. The first-order chi connectivity index (χ1) is 7.00. The predicted molar refractivity (Wildman–Crippen MR) is 54.1 cm³/mol. The van der Waals surface area contributed by atoms with Crippen LogP contribution in [0, 0.1) is 6.92 Å². The molecule has 0 atom stereocenters. The molecule has 82 valence electrons. The van der Waals surface area contributed by atoms with Crippen LogP contribution >= 0.6 is 11.3 Å². The summed E-state index contributed by atoms with van der Waals surface area (Å²) in [4.78, 5) is 25.9. The van der Waals surface area contributed by atoms with Gasteiger partial charge in [-0.2, -0.15) is 0 Å². The molecule has 0 aromatic carbocycles. The van der Waals surface area contributed by atoms with Gasteiger partial charge in [-0.15, -0.1) is 11.3 Å². The van der Waals surface area contributed by atoms with E-state index in [0.29, 0.717) is 5.69 Å². The van der Waals surface area contributed by atoms with Crippen molar-refractivity contribution < 1.29 is 19.8 Å². The van der Waals surface area contributed by atoms with Gasteiger partial charge in [0.2, 0.25) is 0 Å². The fourth-order valence-electron chi connectivity index (χ4n) is 1.38. The summed E-state index contributed by atoms with van der Waals surface area (Å²) >= 11 is 1.30. The summed E-state index contributed by atoms with van der Waals surface area (Å²) in [7, 11) is 0. The molecule has 1 heterocycles. The summed E-state index contributed by atoms with van der Waals surface area (Å²) < 4.78 is 0. The van der Waals surface area contributed by atoms with Gasteiger partial charge >= 0.3 is 11.9 Å². The number of carbonyl (C=O) groups is 2. The Bertz CT molecular complexity index is 358. The average molecular weight is 229 g/mol. The number of aryl methyl sites for hydroxylation is 1. The lowest BCUT2D eigenvalue weighted by Crippen LogP contribution is -2.11. The normalized spacial score (nSPS) is 10.5. The maximum Gasteiger partial charge on any atom is 0.304 e. The molecular formula is C9H11NO4S. The van der Waals surface area contributed by atoms with Crippen LogP contribution in [0.5, 0.6) is 0 Å². The summed E-state index contributed by atoms with van der Waals surface area (Å²) in [6, 6.07) is 0. The van der Waals surface area contributed by atoms with Crippen LogP contribution in [0.25, 0.3) is 0 Å². The Morgan fingerprint density at radius 1 is 1.40 bits per heavy atom. The SMILES string of the molecule is Cc1ncsc1C(CC(=O)O)CC(=O)O. The molecule has 2 N–H and O–H groups in total. The quantitative estimate of drug-likeness (QED) is 0.798. The molecule has 0 aliphatic carbocycles. The monoisotopic (exact) mass is 229 g/mol. The zero-order valence-electron chi connectivity index (χ0n) is 8.14. The van der Waals surface area contributed by atoms with Crippen molar-refractivity contribution >= 4 is 23.3 Å². The van der Waals surface area contributed by atoms with E-state index in [4.69, 9.17) is 10.2 Å². The molecular weight excluding hydrogens is 218 g/mol. The Labute approximate surface area is 90.4 Å². The van der Waals surface area contributed by atoms with Crippen molar-refractivity contribution in [2.45, 2.75) is 25.7 Å². The summed E-state index contributed by atoms with van der Waals surface area (Å²) in [6.07, 6.45) is -0.343. The highest BCUT2D eigenvalue weighted by Crippen LogP contribution is 2.29. The van der Waals surface area contributed by atoms with E-state index in [1.165, 1.54) is 11.3 Å². The number of aromatic nitrogens is 1. The Hall–Kier alpha value is -1.43. The van der Waals surface area contributed by atoms with Crippen molar-refractivity contribution in [3.05, 3.63) is 16.1 Å². The number of nitrogens with zero attached hydrogens (tertiary/aromatic N) is 1. The fourth-order valence-corrected chi connectivity index (χ4v) is 2.29. The molecule has 1 aromatic rings. The molecule has 0 unspecified atom stereocenters. The van der Waals surface area contributed by atoms with Crippen molar-refractivity contribution in [2.75, 3.05) is 0 Å². The highest BCUT2D eigenvalue weighted by Gasteiger charge is 2.22. The molecule has 15 heavy (non-hydrogen) atoms. The number of thiazole rings is 1. The van der Waals surface area contributed by atoms with E-state index in [2.05, 4.69) is 4.98 Å². The standard InChI is InChI=1S/C9H11NO4S/c1-5-9(15-4-10-5)6(2-7(11)12)3-8(13)14/h4,6H,2-3H2,1H3,(H,11,12)(H,13,14). The zero-order valence-corrected chi connectivity index (χ0v) is 8.95. The lowest BCUT2D eigenvalue weighted by atomic mass is 9.98. The van der Waals surface area contributed by atoms with Crippen molar-refractivity contribution in [1.29, 1.82) is 0 Å². The third kappa shape index (κ3) is 3.32. The molecule has 0 saturated heterocycles. The zero-order chi connectivity index (χ0) is 11.4. The smallest absolute Gasteiger partial charge is 0.304 e. The number of hydrogen-bond acceptors (Lipinski definition) is 4. The summed E-state index contributed by atoms with van der Waals surface area (Å²) in [6.45, 7) is 1.75. The topological polar surface area (TPSA) is 87.5 Å². The van der Waals surface area contributed by atoms with Gasteiger partial charge in [0.05, 0.1) is 24.0 Å². The van der Waals surface area contributed by atoms with E-state index in [-0.39, 0.29) is 12.8 Å². The molecule has 1 aromatic heterocycles. The van der Waals surface area contributed by atoms with Crippen molar-refractivity contribution in [2.24, 2.45) is 0 Å². The molecule has 1 rings (SSSR count). The lowest BCUT2D eigenvalue weighted by Gasteiger charge is -2.10. The highest BCUT2D eigenvalue weighted by atomic mass is 32.1. The van der Waals surface area contributed by atoms with E-state index in [1.54, 1.807) is 12.4 Å². The van der Waals surface area contributed by atoms with Gasteiger partial charge in [-0.3, -0.25) is 9.59 Å². The molecule has 6 heteroatoms. The molecule has 0 aliphatic rings. The van der Waals surface area contributed by atoms with Crippen LogP contribution in [0.2, 0.25) is 0 Å². The number of carboxylic acids is 2. The lowest BCUT2D eigenvalue weighted by molar-refractivity contribution is -0.139. The number of hydrogen-bond donors (Lipinski definition) is 2. The second-order valence-electron chi connectivity index (χ2n) is 3.19. The molecule has 0 spiro atoms. The van der Waals surface area contributed by atoms with Gasteiger partial charge in [-0.25, -0.2) is 4.98 Å². The molecule has 0 saturated carbocycles. The average Bonchev–Trinajstić information content (AvgIpc) is 2.48. The highest BCUT2D eigenvalue weighted by molar-refractivity contribution is 7.09. The van der Waals surface area contributed by atoms with Crippen LogP contribution in [0.1, 0.15) is 29.3 Å². The van der Waals surface area contributed by atoms with Crippen molar-refractivity contribution in [1.82, 2.24) is 4.98 Å². The molecule has 0 amide bonds. The van der Waals surface area contributed by atoms with Gasteiger partial charge in [-0.1, -0.05) is 0 Å². The Balaban J connectivity index is 2.85. The third-order valence-electron chi connectivity index (χ3n) is 2.00. The van der Waals surface area contributed by atoms with Gasteiger partial charge in [0.1, 0.15) is 0 Å². The number of rotatable bonds is 5. The first kappa shape index (κ1) is 11.6. The maximum atomic E-state index is 10.6. The minimum absolute atomic E-state index is 0.171. The van der Waals surface area contributed by atoms with Crippen LogP contribution in [-0.2, 0) is 9.59 Å². The first-order valence-corrected chi connectivity index (χ1v) is 5.22. The maximum absolute atomic E-state index is 10.6. The van der Waals surface area contributed by atoms with Gasteiger partial charge in [-0.05, 0) is 6.92 Å². The van der Waals surface area contributed by atoms with Gasteiger partial charge in [0.25, 0.3) is 0 Å². The molecule has 0 fully saturated rings. The van der Waals surface area contributed by atoms with Gasteiger partial charge < -0.3 is 10.2 Å².